The minimum Gasteiger partial charge on any atom is -0.365 e. The number of hydrogen-bond acceptors (Lipinski definition) is 4. The summed E-state index contributed by atoms with van der Waals surface area (Å²) in [5, 5.41) is 3.24. The van der Waals surface area contributed by atoms with Gasteiger partial charge in [0.15, 0.2) is 0 Å². The molecule has 0 fully saturated rings. The topological polar surface area (TPSA) is 50.2 Å². The molecule has 12 heavy (non-hydrogen) atoms. The minimum atomic E-state index is 0.431. The van der Waals surface area contributed by atoms with Crippen molar-refractivity contribution in [3.63, 3.8) is 0 Å². The molecule has 1 aromatic heterocycles. The maximum atomic E-state index is 4.31. The average Bonchev–Trinajstić information content (AvgIpc) is 2.54. The fraction of sp³-hybridized carbons (Fsp3) is 0.375. The molecule has 2 heterocycles. The zero-order chi connectivity index (χ0) is 8.39. The minimum absolute atomic E-state index is 0.431. The van der Waals surface area contributed by atoms with Crippen LogP contribution in [-0.4, -0.2) is 28.4 Å². The molecule has 0 saturated carbocycles. The summed E-state index contributed by atoms with van der Waals surface area (Å²) in [5.74, 6) is 0.906. The van der Waals surface area contributed by atoms with Gasteiger partial charge in [0.1, 0.15) is 12.2 Å². The molecule has 1 atom stereocenters. The standard InChI is InChI=1S/C8H10N4/c1-6-2-11-8(12-6)7-3-9-5-10-4-7/h3-6H,2H2,1H3,(H,11,12). The van der Waals surface area contributed by atoms with Crippen molar-refractivity contribution < 1.29 is 0 Å². The number of nitrogens with one attached hydrogen (secondary N) is 1. The van der Waals surface area contributed by atoms with E-state index in [-0.39, 0.29) is 0 Å². The van der Waals surface area contributed by atoms with Gasteiger partial charge in [-0.1, -0.05) is 0 Å². The molecule has 0 aromatic carbocycles. The fourth-order valence-corrected chi connectivity index (χ4v) is 1.15. The van der Waals surface area contributed by atoms with E-state index in [2.05, 4.69) is 27.2 Å². The van der Waals surface area contributed by atoms with Gasteiger partial charge >= 0.3 is 0 Å². The Morgan fingerprint density at radius 1 is 1.42 bits per heavy atom. The molecule has 0 spiro atoms. The maximum Gasteiger partial charge on any atom is 0.131 e. The SMILES string of the molecule is CC1CN=C(c2cncnc2)N1. The third-order valence-corrected chi connectivity index (χ3v) is 1.74. The number of hydrogen-bond donors (Lipinski definition) is 1. The van der Waals surface area contributed by atoms with Crippen LogP contribution in [0, 0.1) is 0 Å². The summed E-state index contributed by atoms with van der Waals surface area (Å²) in [6.07, 6.45) is 5.04. The number of rotatable bonds is 1. The van der Waals surface area contributed by atoms with Gasteiger partial charge in [0.2, 0.25) is 0 Å². The highest BCUT2D eigenvalue weighted by molar-refractivity contribution is 5.99. The van der Waals surface area contributed by atoms with Gasteiger partial charge in [0, 0.05) is 18.4 Å². The summed E-state index contributed by atoms with van der Waals surface area (Å²) in [6.45, 7) is 2.94. The van der Waals surface area contributed by atoms with E-state index in [4.69, 9.17) is 0 Å². The lowest BCUT2D eigenvalue weighted by Crippen LogP contribution is -2.27. The Bertz CT molecular complexity index is 293. The highest BCUT2D eigenvalue weighted by atomic mass is 15.1. The van der Waals surface area contributed by atoms with E-state index >= 15 is 0 Å². The molecular formula is C8H10N4. The molecule has 0 amide bonds. The summed E-state index contributed by atoms with van der Waals surface area (Å²) >= 11 is 0. The summed E-state index contributed by atoms with van der Waals surface area (Å²) < 4.78 is 0. The molecule has 1 aliphatic rings. The second-order valence-corrected chi connectivity index (χ2v) is 2.86. The van der Waals surface area contributed by atoms with E-state index in [1.165, 1.54) is 6.33 Å². The normalized spacial score (nSPS) is 21.8. The largest absolute Gasteiger partial charge is 0.365 e. The first-order chi connectivity index (χ1) is 5.86. The van der Waals surface area contributed by atoms with Gasteiger partial charge in [-0.25, -0.2) is 9.97 Å². The third kappa shape index (κ3) is 1.28. The molecule has 4 nitrogen and oxygen atoms in total. The van der Waals surface area contributed by atoms with E-state index in [1.807, 2.05) is 0 Å². The van der Waals surface area contributed by atoms with E-state index in [0.717, 1.165) is 17.9 Å². The average molecular weight is 162 g/mol. The monoisotopic (exact) mass is 162 g/mol. The molecular weight excluding hydrogens is 152 g/mol. The van der Waals surface area contributed by atoms with Crippen LogP contribution in [0.25, 0.3) is 0 Å². The van der Waals surface area contributed by atoms with Crippen LogP contribution in [0.15, 0.2) is 23.7 Å². The van der Waals surface area contributed by atoms with Crippen LogP contribution in [-0.2, 0) is 0 Å². The molecule has 2 rings (SSSR count). The Hall–Kier alpha value is -1.45. The Morgan fingerprint density at radius 3 is 2.75 bits per heavy atom. The lowest BCUT2D eigenvalue weighted by atomic mass is 10.3. The highest BCUT2D eigenvalue weighted by Gasteiger charge is 2.13. The Labute approximate surface area is 70.8 Å². The Balaban J connectivity index is 2.22. The number of amidine groups is 1. The third-order valence-electron chi connectivity index (χ3n) is 1.74. The van der Waals surface area contributed by atoms with Gasteiger partial charge in [-0.2, -0.15) is 0 Å². The molecule has 1 unspecified atom stereocenters. The van der Waals surface area contributed by atoms with Gasteiger partial charge in [-0.15, -0.1) is 0 Å². The van der Waals surface area contributed by atoms with Crippen molar-refractivity contribution in [3.05, 3.63) is 24.3 Å². The van der Waals surface area contributed by atoms with Gasteiger partial charge in [0.25, 0.3) is 0 Å². The van der Waals surface area contributed by atoms with Crippen LogP contribution in [0.4, 0.5) is 0 Å². The molecule has 0 aliphatic carbocycles. The fourth-order valence-electron chi connectivity index (χ4n) is 1.15. The first kappa shape index (κ1) is 7.21. The predicted octanol–water partition coefficient (Wildman–Crippen LogP) is 0.215. The van der Waals surface area contributed by atoms with Gasteiger partial charge < -0.3 is 5.32 Å². The van der Waals surface area contributed by atoms with Crippen molar-refractivity contribution in [2.24, 2.45) is 4.99 Å². The van der Waals surface area contributed by atoms with E-state index in [9.17, 15) is 0 Å². The van der Waals surface area contributed by atoms with Crippen LogP contribution in [0.1, 0.15) is 12.5 Å². The summed E-state index contributed by atoms with van der Waals surface area (Å²) in [7, 11) is 0. The van der Waals surface area contributed by atoms with Crippen molar-refractivity contribution in [1.29, 1.82) is 0 Å². The summed E-state index contributed by atoms with van der Waals surface area (Å²) in [5.41, 5.74) is 0.960. The molecule has 0 radical (unpaired) electrons. The molecule has 4 heteroatoms. The van der Waals surface area contributed by atoms with Crippen molar-refractivity contribution in [3.8, 4) is 0 Å². The molecule has 1 N–H and O–H groups in total. The van der Waals surface area contributed by atoms with Crippen molar-refractivity contribution >= 4 is 5.84 Å². The zero-order valence-electron chi connectivity index (χ0n) is 6.86. The van der Waals surface area contributed by atoms with Crippen molar-refractivity contribution in [1.82, 2.24) is 15.3 Å². The number of nitrogens with zero attached hydrogens (tertiary/aromatic N) is 3. The van der Waals surface area contributed by atoms with Gasteiger partial charge in [-0.3, -0.25) is 4.99 Å². The quantitative estimate of drug-likeness (QED) is 0.642. The van der Waals surface area contributed by atoms with E-state index in [0.29, 0.717) is 6.04 Å². The van der Waals surface area contributed by atoms with Crippen LogP contribution >= 0.6 is 0 Å². The van der Waals surface area contributed by atoms with E-state index < -0.39 is 0 Å². The maximum absolute atomic E-state index is 4.31. The highest BCUT2D eigenvalue weighted by Crippen LogP contribution is 2.02. The molecule has 1 aromatic rings. The van der Waals surface area contributed by atoms with Crippen LogP contribution in [0.5, 0.6) is 0 Å². The smallest absolute Gasteiger partial charge is 0.131 e. The lowest BCUT2D eigenvalue weighted by Gasteiger charge is -2.03. The van der Waals surface area contributed by atoms with Crippen molar-refractivity contribution in [2.75, 3.05) is 6.54 Å². The van der Waals surface area contributed by atoms with Crippen LogP contribution < -0.4 is 5.32 Å². The first-order valence-corrected chi connectivity index (χ1v) is 3.92. The Kier molecular flexibility index (Phi) is 1.74. The number of aliphatic imine (C=N–C) groups is 1. The summed E-state index contributed by atoms with van der Waals surface area (Å²) in [4.78, 5) is 12.2. The van der Waals surface area contributed by atoms with Gasteiger partial charge in [0.05, 0.1) is 12.1 Å². The van der Waals surface area contributed by atoms with Gasteiger partial charge in [-0.05, 0) is 6.92 Å². The van der Waals surface area contributed by atoms with Crippen molar-refractivity contribution in [2.45, 2.75) is 13.0 Å². The first-order valence-electron chi connectivity index (χ1n) is 3.92. The van der Waals surface area contributed by atoms with E-state index in [1.54, 1.807) is 12.4 Å². The molecule has 62 valence electrons. The summed E-state index contributed by atoms with van der Waals surface area (Å²) in [6, 6.07) is 0.431. The molecule has 0 saturated heterocycles. The predicted molar refractivity (Wildman–Crippen MR) is 46.0 cm³/mol. The van der Waals surface area contributed by atoms with Crippen LogP contribution in [0.3, 0.4) is 0 Å². The second kappa shape index (κ2) is 2.89. The molecule has 0 bridgehead atoms. The van der Waals surface area contributed by atoms with Crippen LogP contribution in [0.2, 0.25) is 0 Å². The second-order valence-electron chi connectivity index (χ2n) is 2.86. The lowest BCUT2D eigenvalue weighted by molar-refractivity contribution is 0.726. The zero-order valence-corrected chi connectivity index (χ0v) is 6.86. The molecule has 1 aliphatic heterocycles. The number of aromatic nitrogens is 2. The Morgan fingerprint density at radius 2 is 2.17 bits per heavy atom.